The molecule has 0 aromatic carbocycles. The molecular weight excluding hydrogens is 272 g/mol. The Morgan fingerprint density at radius 2 is 2.00 bits per heavy atom. The van der Waals surface area contributed by atoms with Crippen LogP contribution in [0, 0.1) is 0 Å². The topological polar surface area (TPSA) is 90.5 Å². The molecule has 8 heteroatoms. The third kappa shape index (κ3) is 4.12. The van der Waals surface area contributed by atoms with Gasteiger partial charge in [0.1, 0.15) is 5.82 Å². The van der Waals surface area contributed by atoms with E-state index in [4.69, 9.17) is 0 Å². The highest BCUT2D eigenvalue weighted by molar-refractivity contribution is 5.91. The predicted molar refractivity (Wildman–Crippen MR) is 78.0 cm³/mol. The van der Waals surface area contributed by atoms with Crippen LogP contribution in [0.4, 0.5) is 5.82 Å². The number of piperazine rings is 1. The largest absolute Gasteiger partial charge is 0.360 e. The molecule has 8 nitrogen and oxygen atoms in total. The second kappa shape index (κ2) is 6.98. The van der Waals surface area contributed by atoms with Crippen molar-refractivity contribution in [1.29, 1.82) is 0 Å². The van der Waals surface area contributed by atoms with Gasteiger partial charge in [0.15, 0.2) is 5.69 Å². The van der Waals surface area contributed by atoms with E-state index in [1.165, 1.54) is 4.90 Å². The first-order valence-electron chi connectivity index (χ1n) is 6.85. The third-order valence-electron chi connectivity index (χ3n) is 3.18. The lowest BCUT2D eigenvalue weighted by atomic mass is 10.3. The fourth-order valence-electron chi connectivity index (χ4n) is 1.96. The lowest BCUT2D eigenvalue weighted by Gasteiger charge is -2.27. The summed E-state index contributed by atoms with van der Waals surface area (Å²) in [6.07, 6.45) is 0. The molecule has 1 fully saturated rings. The van der Waals surface area contributed by atoms with Crippen molar-refractivity contribution in [3.05, 3.63) is 17.8 Å². The van der Waals surface area contributed by atoms with Crippen LogP contribution in [0.2, 0.25) is 0 Å². The van der Waals surface area contributed by atoms with E-state index in [1.807, 2.05) is 0 Å². The fourth-order valence-corrected chi connectivity index (χ4v) is 1.96. The maximum atomic E-state index is 12.0. The average Bonchev–Trinajstić information content (AvgIpc) is 2.53. The van der Waals surface area contributed by atoms with E-state index in [2.05, 4.69) is 20.8 Å². The summed E-state index contributed by atoms with van der Waals surface area (Å²) in [7, 11) is 3.31. The summed E-state index contributed by atoms with van der Waals surface area (Å²) in [5.74, 6) is 0.312. The molecule has 1 aliphatic heterocycles. The van der Waals surface area contributed by atoms with Gasteiger partial charge in [-0.3, -0.25) is 9.59 Å². The van der Waals surface area contributed by atoms with Crippen LogP contribution in [-0.4, -0.2) is 78.6 Å². The van der Waals surface area contributed by atoms with E-state index in [1.54, 1.807) is 31.1 Å². The van der Waals surface area contributed by atoms with Gasteiger partial charge in [-0.1, -0.05) is 0 Å². The Morgan fingerprint density at radius 1 is 1.29 bits per heavy atom. The second-order valence-electron chi connectivity index (χ2n) is 4.99. The molecule has 1 aliphatic rings. The van der Waals surface area contributed by atoms with Crippen LogP contribution in [0.15, 0.2) is 12.1 Å². The van der Waals surface area contributed by atoms with Gasteiger partial charge in [-0.15, -0.1) is 10.2 Å². The van der Waals surface area contributed by atoms with Crippen LogP contribution in [0.5, 0.6) is 0 Å². The van der Waals surface area contributed by atoms with Gasteiger partial charge in [0.05, 0.1) is 6.54 Å². The zero-order valence-corrected chi connectivity index (χ0v) is 12.3. The molecule has 0 atom stereocenters. The van der Waals surface area contributed by atoms with E-state index in [9.17, 15) is 9.59 Å². The summed E-state index contributed by atoms with van der Waals surface area (Å²) in [5.41, 5.74) is 0.277. The Labute approximate surface area is 123 Å². The van der Waals surface area contributed by atoms with E-state index in [0.29, 0.717) is 5.82 Å². The molecule has 2 heterocycles. The van der Waals surface area contributed by atoms with Crippen molar-refractivity contribution in [1.82, 2.24) is 25.3 Å². The highest BCUT2D eigenvalue weighted by Gasteiger charge is 2.16. The van der Waals surface area contributed by atoms with Crippen LogP contribution in [0.25, 0.3) is 0 Å². The first-order valence-corrected chi connectivity index (χ1v) is 6.85. The molecule has 0 aliphatic carbocycles. The van der Waals surface area contributed by atoms with Gasteiger partial charge in [0.2, 0.25) is 5.91 Å². The molecule has 0 unspecified atom stereocenters. The standard InChI is InChI=1S/C13H20N6O2/c1-18(2)13(21)10-3-4-11(17-16-10)15-9-12(20)19-7-5-14-6-8-19/h3-4,14H,5-9H2,1-2H3,(H,15,17). The zero-order chi connectivity index (χ0) is 15.2. The van der Waals surface area contributed by atoms with Crippen molar-refractivity contribution >= 4 is 17.6 Å². The minimum absolute atomic E-state index is 0.0340. The van der Waals surface area contributed by atoms with Gasteiger partial charge in [0, 0.05) is 40.3 Å². The zero-order valence-electron chi connectivity index (χ0n) is 12.3. The van der Waals surface area contributed by atoms with E-state index in [-0.39, 0.29) is 24.1 Å². The number of aromatic nitrogens is 2. The summed E-state index contributed by atoms with van der Waals surface area (Å²) >= 11 is 0. The first kappa shape index (κ1) is 15.2. The van der Waals surface area contributed by atoms with Crippen LogP contribution < -0.4 is 10.6 Å². The van der Waals surface area contributed by atoms with Crippen LogP contribution >= 0.6 is 0 Å². The highest BCUT2D eigenvalue weighted by Crippen LogP contribution is 2.04. The lowest BCUT2D eigenvalue weighted by molar-refractivity contribution is -0.129. The molecular formula is C13H20N6O2. The number of amides is 2. The number of hydrogen-bond donors (Lipinski definition) is 2. The minimum atomic E-state index is -0.203. The first-order chi connectivity index (χ1) is 10.1. The van der Waals surface area contributed by atoms with Crippen molar-refractivity contribution in [2.24, 2.45) is 0 Å². The minimum Gasteiger partial charge on any atom is -0.360 e. The van der Waals surface area contributed by atoms with Crippen LogP contribution in [0.1, 0.15) is 10.5 Å². The molecule has 1 aromatic rings. The van der Waals surface area contributed by atoms with Crippen molar-refractivity contribution in [2.45, 2.75) is 0 Å². The van der Waals surface area contributed by atoms with Gasteiger partial charge >= 0.3 is 0 Å². The molecule has 2 N–H and O–H groups in total. The summed E-state index contributed by atoms with van der Waals surface area (Å²) in [5, 5.41) is 13.9. The summed E-state index contributed by atoms with van der Waals surface area (Å²) in [6.45, 7) is 3.28. The van der Waals surface area contributed by atoms with Gasteiger partial charge < -0.3 is 20.4 Å². The summed E-state index contributed by atoms with van der Waals surface area (Å²) < 4.78 is 0. The van der Waals surface area contributed by atoms with Gasteiger partial charge in [0.25, 0.3) is 5.91 Å². The number of rotatable bonds is 4. The number of nitrogens with one attached hydrogen (secondary N) is 2. The Kier molecular flexibility index (Phi) is 5.04. The Morgan fingerprint density at radius 3 is 2.57 bits per heavy atom. The van der Waals surface area contributed by atoms with E-state index < -0.39 is 0 Å². The number of anilines is 1. The van der Waals surface area contributed by atoms with Crippen molar-refractivity contribution < 1.29 is 9.59 Å². The van der Waals surface area contributed by atoms with Crippen LogP contribution in [-0.2, 0) is 4.79 Å². The normalized spacial score (nSPS) is 14.7. The molecule has 1 aromatic heterocycles. The number of nitrogens with zero attached hydrogens (tertiary/aromatic N) is 4. The number of carbonyl (C=O) groups excluding carboxylic acids is 2. The number of hydrogen-bond acceptors (Lipinski definition) is 6. The molecule has 114 valence electrons. The van der Waals surface area contributed by atoms with Crippen molar-refractivity contribution in [3.8, 4) is 0 Å². The fraction of sp³-hybridized carbons (Fsp3) is 0.538. The predicted octanol–water partition coefficient (Wildman–Crippen LogP) is -0.978. The molecule has 0 saturated carbocycles. The van der Waals surface area contributed by atoms with Crippen molar-refractivity contribution in [2.75, 3.05) is 52.1 Å². The maximum Gasteiger partial charge on any atom is 0.273 e. The van der Waals surface area contributed by atoms with Crippen molar-refractivity contribution in [3.63, 3.8) is 0 Å². The Hall–Kier alpha value is -2.22. The smallest absolute Gasteiger partial charge is 0.273 e. The van der Waals surface area contributed by atoms with Gasteiger partial charge in [-0.05, 0) is 12.1 Å². The van der Waals surface area contributed by atoms with Crippen LogP contribution in [0.3, 0.4) is 0 Å². The molecule has 0 radical (unpaired) electrons. The van der Waals surface area contributed by atoms with E-state index in [0.717, 1.165) is 26.2 Å². The summed E-state index contributed by atoms with van der Waals surface area (Å²) in [6, 6.07) is 3.24. The quantitative estimate of drug-likeness (QED) is 0.741. The lowest BCUT2D eigenvalue weighted by Crippen LogP contribution is -2.48. The van der Waals surface area contributed by atoms with Gasteiger partial charge in [-0.2, -0.15) is 0 Å². The molecule has 2 rings (SSSR count). The van der Waals surface area contributed by atoms with E-state index >= 15 is 0 Å². The van der Waals surface area contributed by atoms with Gasteiger partial charge in [-0.25, -0.2) is 0 Å². The molecule has 2 amide bonds. The third-order valence-corrected chi connectivity index (χ3v) is 3.18. The molecule has 1 saturated heterocycles. The molecule has 0 bridgehead atoms. The average molecular weight is 292 g/mol. The molecule has 21 heavy (non-hydrogen) atoms. The number of carbonyl (C=O) groups is 2. The second-order valence-corrected chi connectivity index (χ2v) is 4.99. The highest BCUT2D eigenvalue weighted by atomic mass is 16.2. The summed E-state index contributed by atoms with van der Waals surface area (Å²) in [4.78, 5) is 26.9. The Bertz CT molecular complexity index is 496. The Balaban J connectivity index is 1.86. The monoisotopic (exact) mass is 292 g/mol. The molecule has 0 spiro atoms. The SMILES string of the molecule is CN(C)C(=O)c1ccc(NCC(=O)N2CCNCC2)nn1. The maximum absolute atomic E-state index is 12.0.